The number of hydrogen-bond acceptors (Lipinski definition) is 2. The molecule has 2 aromatic carbocycles. The molecule has 20 heavy (non-hydrogen) atoms. The van der Waals surface area contributed by atoms with Gasteiger partial charge in [0.1, 0.15) is 11.9 Å². The molecule has 106 valence electrons. The first-order valence-corrected chi connectivity index (χ1v) is 7.32. The summed E-state index contributed by atoms with van der Waals surface area (Å²) in [6.07, 6.45) is -0.694. The van der Waals surface area contributed by atoms with Gasteiger partial charge >= 0.3 is 0 Å². The van der Waals surface area contributed by atoms with Gasteiger partial charge in [-0.25, -0.2) is 0 Å². The third-order valence-electron chi connectivity index (χ3n) is 3.37. The lowest BCUT2D eigenvalue weighted by Gasteiger charge is -2.18. The Morgan fingerprint density at radius 3 is 2.15 bits per heavy atom. The molecule has 2 aromatic rings. The first kappa shape index (κ1) is 15.1. The molecule has 3 heteroatoms. The zero-order valence-corrected chi connectivity index (χ0v) is 13.8. The molecule has 2 rings (SSSR count). The molecule has 1 N–H and O–H groups in total. The van der Waals surface area contributed by atoms with Crippen molar-refractivity contribution in [2.75, 3.05) is 7.11 Å². The van der Waals surface area contributed by atoms with Gasteiger partial charge in [0.2, 0.25) is 0 Å². The van der Waals surface area contributed by atoms with Crippen LogP contribution in [-0.4, -0.2) is 12.2 Å². The smallest absolute Gasteiger partial charge is 0.125 e. The van der Waals surface area contributed by atoms with Gasteiger partial charge < -0.3 is 9.84 Å². The Kier molecular flexibility index (Phi) is 4.51. The Hall–Kier alpha value is -1.32. The molecule has 0 aromatic heterocycles. The van der Waals surface area contributed by atoms with E-state index in [0.717, 1.165) is 32.3 Å². The van der Waals surface area contributed by atoms with Crippen LogP contribution in [0, 0.1) is 20.8 Å². The average Bonchev–Trinajstić information content (AvgIpc) is 2.39. The van der Waals surface area contributed by atoms with Crippen LogP contribution in [0.5, 0.6) is 5.75 Å². The van der Waals surface area contributed by atoms with Gasteiger partial charge in [-0.1, -0.05) is 45.3 Å². The number of aliphatic hydroxyl groups excluding tert-OH is 1. The van der Waals surface area contributed by atoms with Gasteiger partial charge in [-0.3, -0.25) is 0 Å². The van der Waals surface area contributed by atoms with Crippen LogP contribution in [0.15, 0.2) is 34.8 Å². The zero-order valence-electron chi connectivity index (χ0n) is 12.2. The summed E-state index contributed by atoms with van der Waals surface area (Å²) in [5, 5.41) is 10.7. The van der Waals surface area contributed by atoms with Crippen molar-refractivity contribution in [1.29, 1.82) is 0 Å². The van der Waals surface area contributed by atoms with Gasteiger partial charge in [0.25, 0.3) is 0 Å². The number of methoxy groups -OCH3 is 1. The van der Waals surface area contributed by atoms with Crippen LogP contribution in [0.2, 0.25) is 0 Å². The summed E-state index contributed by atoms with van der Waals surface area (Å²) >= 11 is 3.51. The van der Waals surface area contributed by atoms with Gasteiger partial charge in [0.05, 0.1) is 7.11 Å². The van der Waals surface area contributed by atoms with Crippen molar-refractivity contribution >= 4 is 15.9 Å². The van der Waals surface area contributed by atoms with Crippen molar-refractivity contribution in [2.24, 2.45) is 0 Å². The highest BCUT2D eigenvalue weighted by molar-refractivity contribution is 9.10. The summed E-state index contributed by atoms with van der Waals surface area (Å²) < 4.78 is 6.37. The molecule has 2 nitrogen and oxygen atoms in total. The monoisotopic (exact) mass is 334 g/mol. The summed E-state index contributed by atoms with van der Waals surface area (Å²) in [5.41, 5.74) is 5.03. The Bertz CT molecular complexity index is 615. The Morgan fingerprint density at radius 2 is 1.60 bits per heavy atom. The number of hydrogen-bond donors (Lipinski definition) is 1. The number of aryl methyl sites for hydroxylation is 3. The molecule has 0 aliphatic heterocycles. The van der Waals surface area contributed by atoms with Crippen molar-refractivity contribution in [3.05, 3.63) is 62.6 Å². The van der Waals surface area contributed by atoms with E-state index >= 15 is 0 Å². The number of ether oxygens (including phenoxy) is 1. The predicted octanol–water partition coefficient (Wildman–Crippen LogP) is 4.46. The normalized spacial score (nSPS) is 12.3. The maximum Gasteiger partial charge on any atom is 0.125 e. The van der Waals surface area contributed by atoms with E-state index in [0.29, 0.717) is 5.75 Å². The van der Waals surface area contributed by atoms with Gasteiger partial charge in [-0.15, -0.1) is 0 Å². The predicted molar refractivity (Wildman–Crippen MR) is 85.4 cm³/mol. The number of benzene rings is 2. The van der Waals surface area contributed by atoms with Crippen LogP contribution in [0.1, 0.15) is 33.9 Å². The Labute approximate surface area is 128 Å². The minimum atomic E-state index is -0.694. The van der Waals surface area contributed by atoms with E-state index in [1.807, 2.05) is 45.0 Å². The molecule has 0 saturated heterocycles. The summed E-state index contributed by atoms with van der Waals surface area (Å²) in [4.78, 5) is 0. The lowest BCUT2D eigenvalue weighted by atomic mass is 9.96. The van der Waals surface area contributed by atoms with Crippen molar-refractivity contribution in [3.8, 4) is 5.75 Å². The van der Waals surface area contributed by atoms with E-state index in [9.17, 15) is 5.11 Å². The third-order valence-corrected chi connectivity index (χ3v) is 4.22. The van der Waals surface area contributed by atoms with E-state index in [1.165, 1.54) is 0 Å². The fraction of sp³-hybridized carbons (Fsp3) is 0.294. The largest absolute Gasteiger partial charge is 0.496 e. The SMILES string of the molecule is COc1cc(C)c(Br)cc1C(O)c1cc(C)cc(C)c1. The third kappa shape index (κ3) is 3.05. The highest BCUT2D eigenvalue weighted by atomic mass is 79.9. The maximum absolute atomic E-state index is 10.7. The summed E-state index contributed by atoms with van der Waals surface area (Å²) in [6.45, 7) is 6.07. The summed E-state index contributed by atoms with van der Waals surface area (Å²) in [7, 11) is 1.63. The molecule has 0 saturated carbocycles. The standard InChI is InChI=1S/C17H19BrO2/c1-10-5-11(2)7-13(6-10)17(19)14-9-15(18)12(3)8-16(14)20-4/h5-9,17,19H,1-4H3. The van der Waals surface area contributed by atoms with Crippen molar-refractivity contribution in [1.82, 2.24) is 0 Å². The molecule has 0 spiro atoms. The molecular weight excluding hydrogens is 316 g/mol. The molecule has 0 radical (unpaired) electrons. The fourth-order valence-electron chi connectivity index (χ4n) is 2.41. The molecule has 1 atom stereocenters. The maximum atomic E-state index is 10.7. The van der Waals surface area contributed by atoms with Gasteiger partial charge in [0, 0.05) is 10.0 Å². The quantitative estimate of drug-likeness (QED) is 0.897. The van der Waals surface area contributed by atoms with E-state index < -0.39 is 6.10 Å². The minimum Gasteiger partial charge on any atom is -0.496 e. The van der Waals surface area contributed by atoms with E-state index in [2.05, 4.69) is 22.0 Å². The van der Waals surface area contributed by atoms with E-state index in [4.69, 9.17) is 4.74 Å². The minimum absolute atomic E-state index is 0.694. The summed E-state index contributed by atoms with van der Waals surface area (Å²) in [5.74, 6) is 0.706. The van der Waals surface area contributed by atoms with E-state index in [1.54, 1.807) is 7.11 Å². The van der Waals surface area contributed by atoms with Gasteiger partial charge in [-0.05, 0) is 44.0 Å². The van der Waals surface area contributed by atoms with Crippen molar-refractivity contribution < 1.29 is 9.84 Å². The molecule has 0 bridgehead atoms. The van der Waals surface area contributed by atoms with Crippen LogP contribution in [-0.2, 0) is 0 Å². The van der Waals surface area contributed by atoms with Crippen LogP contribution < -0.4 is 4.74 Å². The molecule has 0 heterocycles. The highest BCUT2D eigenvalue weighted by Gasteiger charge is 2.17. The lowest BCUT2D eigenvalue weighted by Crippen LogP contribution is -2.04. The number of aliphatic hydroxyl groups is 1. The second kappa shape index (κ2) is 5.98. The molecule has 0 aliphatic carbocycles. The number of rotatable bonds is 3. The van der Waals surface area contributed by atoms with Crippen LogP contribution in [0.3, 0.4) is 0 Å². The molecule has 0 aliphatic rings. The first-order valence-electron chi connectivity index (χ1n) is 6.52. The average molecular weight is 335 g/mol. The molecular formula is C17H19BrO2. The van der Waals surface area contributed by atoms with Gasteiger partial charge in [-0.2, -0.15) is 0 Å². The van der Waals surface area contributed by atoms with Crippen molar-refractivity contribution in [2.45, 2.75) is 26.9 Å². The van der Waals surface area contributed by atoms with Crippen LogP contribution in [0.4, 0.5) is 0 Å². The topological polar surface area (TPSA) is 29.5 Å². The Balaban J connectivity index is 2.52. The molecule has 1 unspecified atom stereocenters. The highest BCUT2D eigenvalue weighted by Crippen LogP contribution is 2.34. The zero-order chi connectivity index (χ0) is 14.9. The van der Waals surface area contributed by atoms with Gasteiger partial charge in [0.15, 0.2) is 0 Å². The summed E-state index contributed by atoms with van der Waals surface area (Å²) in [6, 6.07) is 9.97. The second-order valence-corrected chi connectivity index (χ2v) is 6.02. The Morgan fingerprint density at radius 1 is 1.00 bits per heavy atom. The molecule has 0 fully saturated rings. The van der Waals surface area contributed by atoms with E-state index in [-0.39, 0.29) is 0 Å². The van der Waals surface area contributed by atoms with Crippen LogP contribution >= 0.6 is 15.9 Å². The van der Waals surface area contributed by atoms with Crippen molar-refractivity contribution in [3.63, 3.8) is 0 Å². The first-order chi connectivity index (χ1) is 9.42. The number of halogens is 1. The molecule has 0 amide bonds. The lowest BCUT2D eigenvalue weighted by molar-refractivity contribution is 0.214. The second-order valence-electron chi connectivity index (χ2n) is 5.17. The van der Waals surface area contributed by atoms with Crippen LogP contribution in [0.25, 0.3) is 0 Å². The fourth-order valence-corrected chi connectivity index (χ4v) is 2.77.